The first-order chi connectivity index (χ1) is 7.27. The summed E-state index contributed by atoms with van der Waals surface area (Å²) < 4.78 is 0. The van der Waals surface area contributed by atoms with Gasteiger partial charge in [0.1, 0.15) is 0 Å². The Balaban J connectivity index is 2.96. The minimum absolute atomic E-state index is 0.893. The fourth-order valence-electron chi connectivity index (χ4n) is 1.81. The predicted octanol–water partition coefficient (Wildman–Crippen LogP) is 5.73. The summed E-state index contributed by atoms with van der Waals surface area (Å²) in [5.74, 6) is 0.893. The Morgan fingerprint density at radius 3 is 2.00 bits per heavy atom. The molecule has 0 rings (SSSR count). The largest absolute Gasteiger partial charge is 0.0888 e. The Labute approximate surface area is 97.2 Å². The normalized spacial score (nSPS) is 11.7. The second-order valence-electron chi connectivity index (χ2n) is 4.97. The standard InChI is InChI=1S/C15H30/c1-4-5-6-7-8-9-10-11-12-13-14-15(2)3/h5-6,15H,4,7-14H2,1-3H3. The Morgan fingerprint density at radius 1 is 0.800 bits per heavy atom. The molecule has 0 aromatic carbocycles. The van der Waals surface area contributed by atoms with Crippen LogP contribution in [0.3, 0.4) is 0 Å². The molecule has 0 aliphatic carbocycles. The Hall–Kier alpha value is -0.260. The molecule has 0 saturated heterocycles. The summed E-state index contributed by atoms with van der Waals surface area (Å²) in [6.07, 6.45) is 17.1. The van der Waals surface area contributed by atoms with E-state index in [1.807, 2.05) is 0 Å². The number of hydrogen-bond acceptors (Lipinski definition) is 0. The van der Waals surface area contributed by atoms with E-state index in [-0.39, 0.29) is 0 Å². The van der Waals surface area contributed by atoms with Crippen molar-refractivity contribution < 1.29 is 0 Å². The first-order valence-electron chi connectivity index (χ1n) is 6.92. The van der Waals surface area contributed by atoms with Crippen LogP contribution in [0.4, 0.5) is 0 Å². The molecule has 0 N–H and O–H groups in total. The van der Waals surface area contributed by atoms with Crippen molar-refractivity contribution in [1.29, 1.82) is 0 Å². The van der Waals surface area contributed by atoms with Crippen LogP contribution >= 0.6 is 0 Å². The van der Waals surface area contributed by atoms with E-state index < -0.39 is 0 Å². The third kappa shape index (κ3) is 13.7. The quantitative estimate of drug-likeness (QED) is 0.319. The molecule has 0 heterocycles. The average Bonchev–Trinajstić information content (AvgIpc) is 2.20. The van der Waals surface area contributed by atoms with Crippen LogP contribution in [0.15, 0.2) is 12.2 Å². The zero-order valence-electron chi connectivity index (χ0n) is 11.1. The molecule has 0 unspecified atom stereocenters. The van der Waals surface area contributed by atoms with Gasteiger partial charge in [-0.25, -0.2) is 0 Å². The summed E-state index contributed by atoms with van der Waals surface area (Å²) in [6, 6.07) is 0. The second kappa shape index (κ2) is 11.8. The minimum Gasteiger partial charge on any atom is -0.0888 e. The zero-order chi connectivity index (χ0) is 11.4. The van der Waals surface area contributed by atoms with E-state index in [0.29, 0.717) is 0 Å². The average molecular weight is 210 g/mol. The van der Waals surface area contributed by atoms with Gasteiger partial charge in [0, 0.05) is 0 Å². The van der Waals surface area contributed by atoms with Gasteiger partial charge in [0.15, 0.2) is 0 Å². The molecule has 90 valence electrons. The lowest BCUT2D eigenvalue weighted by atomic mass is 10.0. The number of allylic oxidation sites excluding steroid dienone is 2. The van der Waals surface area contributed by atoms with E-state index in [2.05, 4.69) is 32.9 Å². The molecule has 0 fully saturated rings. The third-order valence-corrected chi connectivity index (χ3v) is 2.80. The van der Waals surface area contributed by atoms with Gasteiger partial charge in [-0.2, -0.15) is 0 Å². The summed E-state index contributed by atoms with van der Waals surface area (Å²) in [6.45, 7) is 6.84. The molecule has 0 nitrogen and oxygen atoms in total. The van der Waals surface area contributed by atoms with Crippen LogP contribution in [-0.2, 0) is 0 Å². The summed E-state index contributed by atoms with van der Waals surface area (Å²) in [4.78, 5) is 0. The van der Waals surface area contributed by atoms with E-state index in [0.717, 1.165) is 5.92 Å². The number of rotatable bonds is 10. The van der Waals surface area contributed by atoms with Crippen molar-refractivity contribution in [3.05, 3.63) is 12.2 Å². The van der Waals surface area contributed by atoms with E-state index >= 15 is 0 Å². The van der Waals surface area contributed by atoms with Gasteiger partial charge in [-0.3, -0.25) is 0 Å². The van der Waals surface area contributed by atoms with Gasteiger partial charge in [0.05, 0.1) is 0 Å². The van der Waals surface area contributed by atoms with Crippen LogP contribution in [0.25, 0.3) is 0 Å². The highest BCUT2D eigenvalue weighted by Crippen LogP contribution is 2.12. The van der Waals surface area contributed by atoms with Crippen molar-refractivity contribution in [1.82, 2.24) is 0 Å². The lowest BCUT2D eigenvalue weighted by Gasteiger charge is -2.03. The van der Waals surface area contributed by atoms with Crippen LogP contribution in [0.1, 0.15) is 78.6 Å². The first-order valence-corrected chi connectivity index (χ1v) is 6.92. The van der Waals surface area contributed by atoms with Crippen LogP contribution < -0.4 is 0 Å². The van der Waals surface area contributed by atoms with E-state index in [4.69, 9.17) is 0 Å². The number of unbranched alkanes of at least 4 members (excludes halogenated alkanes) is 6. The molecule has 0 radical (unpaired) electrons. The molecule has 0 heteroatoms. The van der Waals surface area contributed by atoms with E-state index in [1.165, 1.54) is 57.8 Å². The van der Waals surface area contributed by atoms with Gasteiger partial charge in [0.25, 0.3) is 0 Å². The highest BCUT2D eigenvalue weighted by molar-refractivity contribution is 4.79. The monoisotopic (exact) mass is 210 g/mol. The zero-order valence-corrected chi connectivity index (χ0v) is 11.1. The lowest BCUT2D eigenvalue weighted by molar-refractivity contribution is 0.512. The number of hydrogen-bond donors (Lipinski definition) is 0. The van der Waals surface area contributed by atoms with E-state index in [1.54, 1.807) is 0 Å². The van der Waals surface area contributed by atoms with Gasteiger partial charge >= 0.3 is 0 Å². The van der Waals surface area contributed by atoms with E-state index in [9.17, 15) is 0 Å². The molecule has 0 aliphatic rings. The molecular weight excluding hydrogens is 180 g/mol. The topological polar surface area (TPSA) is 0 Å². The van der Waals surface area contributed by atoms with Crippen molar-refractivity contribution in [3.8, 4) is 0 Å². The Kier molecular flexibility index (Phi) is 11.6. The van der Waals surface area contributed by atoms with Crippen LogP contribution in [0.5, 0.6) is 0 Å². The smallest absolute Gasteiger partial charge is 0.0351 e. The third-order valence-electron chi connectivity index (χ3n) is 2.80. The molecule has 15 heavy (non-hydrogen) atoms. The lowest BCUT2D eigenvalue weighted by Crippen LogP contribution is -1.87. The summed E-state index contributed by atoms with van der Waals surface area (Å²) in [5.41, 5.74) is 0. The maximum Gasteiger partial charge on any atom is -0.0351 e. The fourth-order valence-corrected chi connectivity index (χ4v) is 1.81. The minimum atomic E-state index is 0.893. The predicted molar refractivity (Wildman–Crippen MR) is 71.2 cm³/mol. The Bertz CT molecular complexity index is 133. The molecule has 0 aromatic rings. The van der Waals surface area contributed by atoms with Crippen molar-refractivity contribution in [2.75, 3.05) is 0 Å². The summed E-state index contributed by atoms with van der Waals surface area (Å²) in [5, 5.41) is 0. The van der Waals surface area contributed by atoms with Crippen LogP contribution in [-0.4, -0.2) is 0 Å². The van der Waals surface area contributed by atoms with Gasteiger partial charge in [-0.05, 0) is 25.2 Å². The molecule has 0 amide bonds. The van der Waals surface area contributed by atoms with Crippen molar-refractivity contribution in [2.24, 2.45) is 5.92 Å². The molecule has 0 saturated carbocycles. The molecular formula is C15H30. The fraction of sp³-hybridized carbons (Fsp3) is 0.867. The maximum atomic E-state index is 2.33. The SMILES string of the molecule is CCC=CCCCCCCCCC(C)C. The van der Waals surface area contributed by atoms with Crippen molar-refractivity contribution in [3.63, 3.8) is 0 Å². The van der Waals surface area contributed by atoms with Gasteiger partial charge < -0.3 is 0 Å². The Morgan fingerprint density at radius 2 is 1.40 bits per heavy atom. The van der Waals surface area contributed by atoms with Gasteiger partial charge in [-0.15, -0.1) is 0 Å². The van der Waals surface area contributed by atoms with Gasteiger partial charge in [0.2, 0.25) is 0 Å². The van der Waals surface area contributed by atoms with Crippen LogP contribution in [0.2, 0.25) is 0 Å². The molecule has 0 atom stereocenters. The highest BCUT2D eigenvalue weighted by atomic mass is 14.0. The first kappa shape index (κ1) is 14.7. The molecule has 0 spiro atoms. The van der Waals surface area contributed by atoms with Gasteiger partial charge in [-0.1, -0.05) is 71.4 Å². The second-order valence-corrected chi connectivity index (χ2v) is 4.97. The maximum absolute atomic E-state index is 2.33. The molecule has 0 bridgehead atoms. The summed E-state index contributed by atoms with van der Waals surface area (Å²) in [7, 11) is 0. The molecule has 0 aliphatic heterocycles. The summed E-state index contributed by atoms with van der Waals surface area (Å²) >= 11 is 0. The van der Waals surface area contributed by atoms with Crippen molar-refractivity contribution in [2.45, 2.75) is 78.6 Å². The molecule has 0 aromatic heterocycles. The van der Waals surface area contributed by atoms with Crippen LogP contribution in [0, 0.1) is 5.92 Å². The highest BCUT2D eigenvalue weighted by Gasteiger charge is 1.94. The van der Waals surface area contributed by atoms with Crippen molar-refractivity contribution >= 4 is 0 Å².